The lowest BCUT2D eigenvalue weighted by molar-refractivity contribution is 0.0225. The molecule has 19 heavy (non-hydrogen) atoms. The van der Waals surface area contributed by atoms with Crippen molar-refractivity contribution in [2.24, 2.45) is 0 Å². The highest BCUT2D eigenvalue weighted by molar-refractivity contribution is 5.68. The van der Waals surface area contributed by atoms with Crippen LogP contribution in [0.15, 0.2) is 18.2 Å². The number of para-hydroxylation sites is 1. The van der Waals surface area contributed by atoms with Crippen molar-refractivity contribution in [1.82, 2.24) is 4.90 Å². The Bertz CT molecular complexity index is 482. The maximum Gasteiger partial charge on any atom is 0.410 e. The molecule has 1 aromatic carbocycles. The smallest absolute Gasteiger partial charge is 0.410 e. The van der Waals surface area contributed by atoms with Crippen LogP contribution in [0.5, 0.6) is 5.75 Å². The first-order valence-electron chi connectivity index (χ1n) is 6.25. The first-order valence-corrected chi connectivity index (χ1v) is 6.25. The van der Waals surface area contributed by atoms with Gasteiger partial charge in [-0.3, -0.25) is 0 Å². The Morgan fingerprint density at radius 1 is 1.42 bits per heavy atom. The summed E-state index contributed by atoms with van der Waals surface area (Å²) in [5.41, 5.74) is 0.109. The molecule has 0 aromatic heterocycles. The lowest BCUT2D eigenvalue weighted by atomic mass is 10.2. The Balaban J connectivity index is 2.16. The molecule has 1 aliphatic heterocycles. The molecule has 0 bridgehead atoms. The molecule has 1 heterocycles. The predicted molar refractivity (Wildman–Crippen MR) is 68.5 cm³/mol. The van der Waals surface area contributed by atoms with Gasteiger partial charge in [0.2, 0.25) is 0 Å². The van der Waals surface area contributed by atoms with Crippen molar-refractivity contribution in [2.75, 3.05) is 13.2 Å². The Hall–Kier alpha value is -1.78. The average Bonchev–Trinajstić information content (AvgIpc) is 2.50. The third-order valence-corrected chi connectivity index (χ3v) is 2.67. The summed E-state index contributed by atoms with van der Waals surface area (Å²) in [7, 11) is 0. The van der Waals surface area contributed by atoms with Crippen LogP contribution >= 0.6 is 0 Å². The fourth-order valence-corrected chi connectivity index (χ4v) is 1.86. The monoisotopic (exact) mass is 267 g/mol. The zero-order valence-corrected chi connectivity index (χ0v) is 11.4. The van der Waals surface area contributed by atoms with Gasteiger partial charge in [-0.05, 0) is 26.8 Å². The maximum atomic E-state index is 13.6. The van der Waals surface area contributed by atoms with Gasteiger partial charge in [0.15, 0.2) is 11.6 Å². The summed E-state index contributed by atoms with van der Waals surface area (Å²) < 4.78 is 24.3. The molecule has 4 nitrogen and oxygen atoms in total. The van der Waals surface area contributed by atoms with Gasteiger partial charge in [-0.2, -0.15) is 0 Å². The molecule has 0 aliphatic carbocycles. The normalized spacial score (nSPS) is 15.3. The second kappa shape index (κ2) is 5.07. The number of amides is 1. The Morgan fingerprint density at radius 3 is 2.84 bits per heavy atom. The van der Waals surface area contributed by atoms with Gasteiger partial charge in [-0.25, -0.2) is 9.18 Å². The molecular formula is C14H18FNO3. The molecular weight excluding hydrogens is 249 g/mol. The third kappa shape index (κ3) is 3.36. The fourth-order valence-electron chi connectivity index (χ4n) is 1.86. The summed E-state index contributed by atoms with van der Waals surface area (Å²) in [4.78, 5) is 13.5. The lowest BCUT2D eigenvalue weighted by Gasteiger charge is -2.26. The third-order valence-electron chi connectivity index (χ3n) is 2.67. The number of nitrogens with zero attached hydrogens (tertiary/aromatic N) is 1. The Morgan fingerprint density at radius 2 is 2.16 bits per heavy atom. The van der Waals surface area contributed by atoms with Gasteiger partial charge in [0.1, 0.15) is 12.2 Å². The molecule has 0 atom stereocenters. The molecule has 0 saturated heterocycles. The minimum atomic E-state index is -0.547. The van der Waals surface area contributed by atoms with Gasteiger partial charge >= 0.3 is 6.09 Å². The standard InChI is InChI=1S/C14H18FNO3/c1-14(2,3)19-13(17)16-7-8-18-12-10(9-16)5-4-6-11(12)15/h4-6H,7-9H2,1-3H3. The van der Waals surface area contributed by atoms with Crippen LogP contribution in [0.2, 0.25) is 0 Å². The van der Waals surface area contributed by atoms with Gasteiger partial charge in [-0.1, -0.05) is 12.1 Å². The molecule has 1 amide bonds. The van der Waals surface area contributed by atoms with E-state index in [1.165, 1.54) is 11.0 Å². The van der Waals surface area contributed by atoms with Crippen molar-refractivity contribution < 1.29 is 18.7 Å². The molecule has 5 heteroatoms. The van der Waals surface area contributed by atoms with Crippen molar-refractivity contribution in [2.45, 2.75) is 32.9 Å². The van der Waals surface area contributed by atoms with Crippen LogP contribution in [0.25, 0.3) is 0 Å². The van der Waals surface area contributed by atoms with Crippen LogP contribution in [-0.2, 0) is 11.3 Å². The molecule has 0 unspecified atom stereocenters. The van der Waals surface area contributed by atoms with E-state index in [0.29, 0.717) is 18.7 Å². The summed E-state index contributed by atoms with van der Waals surface area (Å²) in [6.07, 6.45) is -0.409. The van der Waals surface area contributed by atoms with E-state index in [0.717, 1.165) is 0 Å². The summed E-state index contributed by atoms with van der Waals surface area (Å²) in [5, 5.41) is 0. The molecule has 1 aliphatic rings. The number of carbonyl (C=O) groups is 1. The largest absolute Gasteiger partial charge is 0.488 e. The van der Waals surface area contributed by atoms with Gasteiger partial charge in [0, 0.05) is 5.56 Å². The summed E-state index contributed by atoms with van der Waals surface area (Å²) in [5.74, 6) is -0.169. The summed E-state index contributed by atoms with van der Waals surface area (Å²) >= 11 is 0. The molecule has 2 rings (SSSR count). The van der Waals surface area contributed by atoms with E-state index in [1.807, 2.05) is 20.8 Å². The van der Waals surface area contributed by atoms with E-state index in [2.05, 4.69) is 0 Å². The first kappa shape index (κ1) is 13.6. The van der Waals surface area contributed by atoms with Crippen LogP contribution in [0.4, 0.5) is 9.18 Å². The second-order valence-electron chi connectivity index (χ2n) is 5.48. The molecule has 0 spiro atoms. The van der Waals surface area contributed by atoms with Gasteiger partial charge < -0.3 is 14.4 Å². The molecule has 0 fully saturated rings. The highest BCUT2D eigenvalue weighted by atomic mass is 19.1. The number of halogens is 1. The van der Waals surface area contributed by atoms with E-state index in [9.17, 15) is 9.18 Å². The van der Waals surface area contributed by atoms with Crippen LogP contribution in [0.3, 0.4) is 0 Å². The lowest BCUT2D eigenvalue weighted by Crippen LogP contribution is -2.37. The van der Waals surface area contributed by atoms with Crippen LogP contribution < -0.4 is 4.74 Å². The Kier molecular flexibility index (Phi) is 3.64. The van der Waals surface area contributed by atoms with E-state index in [1.54, 1.807) is 12.1 Å². The molecule has 104 valence electrons. The summed E-state index contributed by atoms with van der Waals surface area (Å²) in [6.45, 7) is 6.37. The number of benzene rings is 1. The van der Waals surface area contributed by atoms with Crippen molar-refractivity contribution in [1.29, 1.82) is 0 Å². The highest BCUT2D eigenvalue weighted by Crippen LogP contribution is 2.26. The topological polar surface area (TPSA) is 38.8 Å². The van der Waals surface area contributed by atoms with Crippen molar-refractivity contribution in [3.8, 4) is 5.75 Å². The number of hydrogen-bond donors (Lipinski definition) is 0. The zero-order chi connectivity index (χ0) is 14.0. The van der Waals surface area contributed by atoms with Crippen molar-refractivity contribution >= 4 is 6.09 Å². The number of ether oxygens (including phenoxy) is 2. The maximum absolute atomic E-state index is 13.6. The number of carbonyl (C=O) groups excluding carboxylic acids is 1. The van der Waals surface area contributed by atoms with Crippen LogP contribution in [0.1, 0.15) is 26.3 Å². The quantitative estimate of drug-likeness (QED) is 0.725. The Labute approximate surface area is 112 Å². The number of hydrogen-bond acceptors (Lipinski definition) is 3. The number of rotatable bonds is 0. The fraction of sp³-hybridized carbons (Fsp3) is 0.500. The van der Waals surface area contributed by atoms with Crippen molar-refractivity contribution in [3.05, 3.63) is 29.6 Å². The second-order valence-corrected chi connectivity index (χ2v) is 5.48. The van der Waals surface area contributed by atoms with Gasteiger partial charge in [0.25, 0.3) is 0 Å². The average molecular weight is 267 g/mol. The first-order chi connectivity index (χ1) is 8.87. The van der Waals surface area contributed by atoms with Crippen LogP contribution in [0, 0.1) is 5.82 Å². The SMILES string of the molecule is CC(C)(C)OC(=O)N1CCOc2c(F)cccc2C1. The van der Waals surface area contributed by atoms with Gasteiger partial charge in [0.05, 0.1) is 13.1 Å². The minimum absolute atomic E-state index is 0.230. The molecule has 0 N–H and O–H groups in total. The highest BCUT2D eigenvalue weighted by Gasteiger charge is 2.25. The van der Waals surface area contributed by atoms with E-state index >= 15 is 0 Å². The van der Waals surface area contributed by atoms with Crippen LogP contribution in [-0.4, -0.2) is 29.7 Å². The minimum Gasteiger partial charge on any atom is -0.488 e. The summed E-state index contributed by atoms with van der Waals surface area (Å²) in [6, 6.07) is 4.71. The van der Waals surface area contributed by atoms with Crippen molar-refractivity contribution in [3.63, 3.8) is 0 Å². The predicted octanol–water partition coefficient (Wildman–Crippen LogP) is 2.96. The van der Waals surface area contributed by atoms with E-state index in [-0.39, 0.29) is 12.4 Å². The molecule has 0 radical (unpaired) electrons. The number of fused-ring (bicyclic) bond motifs is 1. The molecule has 0 saturated carbocycles. The van der Waals surface area contributed by atoms with E-state index in [4.69, 9.17) is 9.47 Å². The van der Waals surface area contributed by atoms with E-state index < -0.39 is 17.5 Å². The zero-order valence-electron chi connectivity index (χ0n) is 11.4. The molecule has 1 aromatic rings. The van der Waals surface area contributed by atoms with Gasteiger partial charge in [-0.15, -0.1) is 0 Å².